The first-order valence-corrected chi connectivity index (χ1v) is 6.88. The lowest BCUT2D eigenvalue weighted by molar-refractivity contribution is 0.474. The maximum absolute atomic E-state index is 12.5. The van der Waals surface area contributed by atoms with Crippen molar-refractivity contribution in [3.63, 3.8) is 0 Å². The van der Waals surface area contributed by atoms with Crippen molar-refractivity contribution in [1.82, 2.24) is 9.78 Å². The zero-order valence-corrected chi connectivity index (χ0v) is 11.9. The number of nitrogens with two attached hydrogens (primary N) is 1. The third-order valence-corrected chi connectivity index (χ3v) is 3.31. The average molecular weight is 275 g/mol. The van der Waals surface area contributed by atoms with Crippen LogP contribution in [-0.4, -0.2) is 21.4 Å². The molecule has 0 aliphatic heterocycles. The maximum Gasteiger partial charge on any atom is 0.274 e. The number of nitrogens with zero attached hydrogens (tertiary/aromatic N) is 1. The van der Waals surface area contributed by atoms with Crippen molar-refractivity contribution in [3.8, 4) is 11.4 Å². The van der Waals surface area contributed by atoms with Crippen molar-refractivity contribution in [2.75, 3.05) is 6.54 Å². The summed E-state index contributed by atoms with van der Waals surface area (Å²) < 4.78 is 1.49. The Kier molecular flexibility index (Phi) is 4.29. The van der Waals surface area contributed by atoms with Crippen molar-refractivity contribution in [2.24, 2.45) is 5.73 Å². The van der Waals surface area contributed by atoms with Crippen LogP contribution in [0.5, 0.6) is 5.75 Å². The number of H-pyrrole nitrogens is 1. The van der Waals surface area contributed by atoms with Gasteiger partial charge in [-0.1, -0.05) is 19.9 Å². The Hall–Kier alpha value is -2.01. The van der Waals surface area contributed by atoms with E-state index in [1.807, 2.05) is 13.8 Å². The summed E-state index contributed by atoms with van der Waals surface area (Å²) in [5.74, 6) is 0.368. The number of phenolic OH excluding ortho intramolecular Hbond substituents is 1. The molecule has 1 aromatic heterocycles. The van der Waals surface area contributed by atoms with Gasteiger partial charge in [0, 0.05) is 17.3 Å². The van der Waals surface area contributed by atoms with E-state index >= 15 is 0 Å². The summed E-state index contributed by atoms with van der Waals surface area (Å²) in [6, 6.07) is 6.64. The third-order valence-electron chi connectivity index (χ3n) is 3.31. The molecule has 2 rings (SSSR count). The molecule has 0 aliphatic rings. The van der Waals surface area contributed by atoms with E-state index in [9.17, 15) is 9.90 Å². The van der Waals surface area contributed by atoms with E-state index in [2.05, 4.69) is 5.10 Å². The van der Waals surface area contributed by atoms with Gasteiger partial charge < -0.3 is 10.8 Å². The largest absolute Gasteiger partial charge is 0.508 e. The van der Waals surface area contributed by atoms with Crippen molar-refractivity contribution in [3.05, 3.63) is 45.9 Å². The lowest BCUT2D eigenvalue weighted by Gasteiger charge is -2.05. The number of aromatic amines is 1. The van der Waals surface area contributed by atoms with Gasteiger partial charge in [-0.3, -0.25) is 9.89 Å². The number of aromatic nitrogens is 2. The zero-order chi connectivity index (χ0) is 14.7. The molecule has 5 heteroatoms. The number of aromatic hydroxyl groups is 1. The number of rotatable bonds is 5. The minimum Gasteiger partial charge on any atom is -0.508 e. The van der Waals surface area contributed by atoms with Gasteiger partial charge in [-0.05, 0) is 37.4 Å². The fraction of sp³-hybridized carbons (Fsp3) is 0.400. The first-order chi connectivity index (χ1) is 9.54. The Balaban J connectivity index is 2.52. The van der Waals surface area contributed by atoms with Crippen LogP contribution >= 0.6 is 0 Å². The molecule has 0 unspecified atom stereocenters. The average Bonchev–Trinajstić information content (AvgIpc) is 2.74. The van der Waals surface area contributed by atoms with Gasteiger partial charge in [0.05, 0.1) is 5.69 Å². The van der Waals surface area contributed by atoms with Crippen molar-refractivity contribution >= 4 is 0 Å². The van der Waals surface area contributed by atoms with Crippen LogP contribution in [0.1, 0.15) is 37.4 Å². The topological polar surface area (TPSA) is 84.0 Å². The number of hydrogen-bond acceptors (Lipinski definition) is 3. The number of hydrogen-bond donors (Lipinski definition) is 3. The molecule has 4 N–H and O–H groups in total. The van der Waals surface area contributed by atoms with Crippen LogP contribution in [0.25, 0.3) is 5.69 Å². The third kappa shape index (κ3) is 2.77. The highest BCUT2D eigenvalue weighted by Gasteiger charge is 2.17. The smallest absolute Gasteiger partial charge is 0.274 e. The maximum atomic E-state index is 12.5. The molecule has 0 saturated heterocycles. The van der Waals surface area contributed by atoms with E-state index in [1.165, 1.54) is 4.68 Å². The van der Waals surface area contributed by atoms with E-state index < -0.39 is 0 Å². The summed E-state index contributed by atoms with van der Waals surface area (Å²) in [6.45, 7) is 4.66. The van der Waals surface area contributed by atoms with E-state index in [4.69, 9.17) is 5.73 Å². The number of nitrogens with one attached hydrogen (secondary N) is 1. The summed E-state index contributed by atoms with van der Waals surface area (Å²) in [7, 11) is 0. The summed E-state index contributed by atoms with van der Waals surface area (Å²) >= 11 is 0. The van der Waals surface area contributed by atoms with Crippen LogP contribution in [0.3, 0.4) is 0 Å². The molecule has 0 fully saturated rings. The second kappa shape index (κ2) is 5.96. The van der Waals surface area contributed by atoms with Crippen LogP contribution in [-0.2, 0) is 6.42 Å². The Labute approximate surface area is 118 Å². The predicted octanol–water partition coefficient (Wildman–Crippen LogP) is 1.89. The highest BCUT2D eigenvalue weighted by molar-refractivity contribution is 5.39. The SMILES string of the molecule is CC(C)c1[nH]n(-c2cccc(O)c2)c(=O)c1CCCN. The molecular weight excluding hydrogens is 254 g/mol. The molecule has 0 amide bonds. The number of benzene rings is 1. The van der Waals surface area contributed by atoms with Crippen molar-refractivity contribution in [1.29, 1.82) is 0 Å². The van der Waals surface area contributed by atoms with Crippen LogP contribution < -0.4 is 11.3 Å². The molecule has 108 valence electrons. The van der Waals surface area contributed by atoms with Gasteiger partial charge >= 0.3 is 0 Å². The molecule has 1 heterocycles. The van der Waals surface area contributed by atoms with Crippen LogP contribution in [0.4, 0.5) is 0 Å². The predicted molar refractivity (Wildman–Crippen MR) is 79.5 cm³/mol. The monoisotopic (exact) mass is 275 g/mol. The second-order valence-electron chi connectivity index (χ2n) is 5.21. The highest BCUT2D eigenvalue weighted by Crippen LogP contribution is 2.19. The number of phenols is 1. The molecule has 0 atom stereocenters. The molecule has 0 spiro atoms. The van der Waals surface area contributed by atoms with Crippen LogP contribution in [0.2, 0.25) is 0 Å². The molecule has 5 nitrogen and oxygen atoms in total. The van der Waals surface area contributed by atoms with Gasteiger partial charge in [-0.2, -0.15) is 0 Å². The molecule has 0 aliphatic carbocycles. The Morgan fingerprint density at radius 3 is 2.75 bits per heavy atom. The first-order valence-electron chi connectivity index (χ1n) is 6.88. The van der Waals surface area contributed by atoms with Crippen molar-refractivity contribution in [2.45, 2.75) is 32.6 Å². The summed E-state index contributed by atoms with van der Waals surface area (Å²) in [6.07, 6.45) is 1.46. The Morgan fingerprint density at radius 2 is 2.15 bits per heavy atom. The minimum absolute atomic E-state index is 0.0623. The van der Waals surface area contributed by atoms with Gasteiger partial charge in [0.25, 0.3) is 5.56 Å². The molecule has 2 aromatic rings. The minimum atomic E-state index is -0.0623. The normalized spacial score (nSPS) is 11.2. The fourth-order valence-electron chi connectivity index (χ4n) is 2.30. The summed E-state index contributed by atoms with van der Waals surface area (Å²) in [5, 5.41) is 12.7. The van der Waals surface area contributed by atoms with Gasteiger partial charge in [0.1, 0.15) is 5.75 Å². The molecular formula is C15H21N3O2. The Bertz CT molecular complexity index is 641. The standard InChI is InChI=1S/C15H21N3O2/c1-10(2)14-13(7-4-8-16)15(20)18(17-14)11-5-3-6-12(19)9-11/h3,5-6,9-10,17,19H,4,7-8,16H2,1-2H3. The molecule has 1 aromatic carbocycles. The van der Waals surface area contributed by atoms with Crippen LogP contribution in [0.15, 0.2) is 29.1 Å². The van der Waals surface area contributed by atoms with E-state index in [0.29, 0.717) is 18.7 Å². The molecule has 0 bridgehead atoms. The van der Waals surface area contributed by atoms with Gasteiger partial charge in [0.15, 0.2) is 0 Å². The van der Waals surface area contributed by atoms with Crippen molar-refractivity contribution < 1.29 is 5.11 Å². The Morgan fingerprint density at radius 1 is 1.40 bits per heavy atom. The summed E-state index contributed by atoms with van der Waals surface area (Å²) in [5.41, 5.74) is 7.83. The molecule has 0 saturated carbocycles. The fourth-order valence-corrected chi connectivity index (χ4v) is 2.30. The van der Waals surface area contributed by atoms with Gasteiger partial charge in [0.2, 0.25) is 0 Å². The van der Waals surface area contributed by atoms with E-state index in [1.54, 1.807) is 24.3 Å². The van der Waals surface area contributed by atoms with Gasteiger partial charge in [-0.25, -0.2) is 4.68 Å². The summed E-state index contributed by atoms with van der Waals surface area (Å²) in [4.78, 5) is 12.5. The molecule has 0 radical (unpaired) electrons. The second-order valence-corrected chi connectivity index (χ2v) is 5.21. The van der Waals surface area contributed by atoms with Gasteiger partial charge in [-0.15, -0.1) is 0 Å². The quantitative estimate of drug-likeness (QED) is 0.779. The molecule has 20 heavy (non-hydrogen) atoms. The highest BCUT2D eigenvalue weighted by atomic mass is 16.3. The van der Waals surface area contributed by atoms with Crippen LogP contribution in [0, 0.1) is 0 Å². The van der Waals surface area contributed by atoms with E-state index in [-0.39, 0.29) is 17.2 Å². The lowest BCUT2D eigenvalue weighted by atomic mass is 10.0. The zero-order valence-electron chi connectivity index (χ0n) is 11.9. The first kappa shape index (κ1) is 14.4. The lowest BCUT2D eigenvalue weighted by Crippen LogP contribution is -2.18. The van der Waals surface area contributed by atoms with E-state index in [0.717, 1.165) is 17.7 Å².